The molecule has 27 heavy (non-hydrogen) atoms. The molecule has 142 valence electrons. The van der Waals surface area contributed by atoms with Crippen LogP contribution in [0.5, 0.6) is 5.75 Å². The van der Waals surface area contributed by atoms with Crippen molar-refractivity contribution in [3.05, 3.63) is 59.2 Å². The molecule has 1 aliphatic heterocycles. The summed E-state index contributed by atoms with van der Waals surface area (Å²) in [6.07, 6.45) is 4.38. The van der Waals surface area contributed by atoms with Gasteiger partial charge in [-0.15, -0.1) is 0 Å². The number of rotatable bonds is 3. The minimum absolute atomic E-state index is 0.0310. The zero-order valence-corrected chi connectivity index (χ0v) is 16.5. The van der Waals surface area contributed by atoms with E-state index in [0.717, 1.165) is 43.7 Å². The second-order valence-corrected chi connectivity index (χ2v) is 8.55. The van der Waals surface area contributed by atoms with E-state index < -0.39 is 0 Å². The summed E-state index contributed by atoms with van der Waals surface area (Å²) in [5.41, 5.74) is 4.88. The maximum Gasteiger partial charge on any atom is 0.227 e. The van der Waals surface area contributed by atoms with E-state index in [2.05, 4.69) is 44.3 Å². The summed E-state index contributed by atoms with van der Waals surface area (Å²) >= 11 is 0. The number of carbonyl (C=O) groups is 1. The molecular formula is C24H29NO2. The van der Waals surface area contributed by atoms with Crippen molar-refractivity contribution in [1.82, 2.24) is 0 Å². The van der Waals surface area contributed by atoms with Crippen molar-refractivity contribution in [2.24, 2.45) is 11.8 Å². The van der Waals surface area contributed by atoms with Gasteiger partial charge in [0, 0.05) is 22.6 Å². The molecule has 0 bridgehead atoms. The molecule has 1 unspecified atom stereocenters. The molecule has 1 N–H and O–H groups in total. The van der Waals surface area contributed by atoms with Crippen LogP contribution in [0.25, 0.3) is 0 Å². The normalized spacial score (nSPS) is 24.9. The van der Waals surface area contributed by atoms with Crippen molar-refractivity contribution >= 4 is 11.6 Å². The lowest BCUT2D eigenvalue weighted by Crippen LogP contribution is -2.37. The molecule has 4 rings (SSSR count). The van der Waals surface area contributed by atoms with Crippen molar-refractivity contribution in [2.75, 3.05) is 11.9 Å². The van der Waals surface area contributed by atoms with E-state index in [-0.39, 0.29) is 17.2 Å². The van der Waals surface area contributed by atoms with Gasteiger partial charge in [-0.05, 0) is 69.2 Å². The zero-order valence-electron chi connectivity index (χ0n) is 16.5. The highest BCUT2D eigenvalue weighted by molar-refractivity contribution is 5.92. The van der Waals surface area contributed by atoms with E-state index in [9.17, 15) is 4.79 Å². The third-order valence-electron chi connectivity index (χ3n) is 6.64. The molecule has 3 nitrogen and oxygen atoms in total. The van der Waals surface area contributed by atoms with Gasteiger partial charge in [0.25, 0.3) is 0 Å². The van der Waals surface area contributed by atoms with Gasteiger partial charge in [0.1, 0.15) is 5.75 Å². The summed E-state index contributed by atoms with van der Waals surface area (Å²) in [5, 5.41) is 3.09. The van der Waals surface area contributed by atoms with Gasteiger partial charge < -0.3 is 10.1 Å². The van der Waals surface area contributed by atoms with Gasteiger partial charge in [0.15, 0.2) is 0 Å². The van der Waals surface area contributed by atoms with E-state index >= 15 is 0 Å². The van der Waals surface area contributed by atoms with Crippen molar-refractivity contribution in [2.45, 2.75) is 51.9 Å². The minimum Gasteiger partial charge on any atom is -0.492 e. The fraction of sp³-hybridized carbons (Fsp3) is 0.458. The Balaban J connectivity index is 1.39. The maximum absolute atomic E-state index is 12.7. The highest BCUT2D eigenvalue weighted by Gasteiger charge is 2.44. The van der Waals surface area contributed by atoms with Gasteiger partial charge in [-0.2, -0.15) is 0 Å². The van der Waals surface area contributed by atoms with Crippen molar-refractivity contribution in [1.29, 1.82) is 0 Å². The van der Waals surface area contributed by atoms with Crippen molar-refractivity contribution < 1.29 is 9.53 Å². The highest BCUT2D eigenvalue weighted by Crippen LogP contribution is 2.50. The molecule has 0 saturated heterocycles. The maximum atomic E-state index is 12.7. The fourth-order valence-electron chi connectivity index (χ4n) is 4.69. The van der Waals surface area contributed by atoms with E-state index in [1.807, 2.05) is 24.3 Å². The molecule has 1 atom stereocenters. The van der Waals surface area contributed by atoms with Gasteiger partial charge >= 0.3 is 0 Å². The molecule has 3 heteroatoms. The third-order valence-corrected chi connectivity index (χ3v) is 6.64. The van der Waals surface area contributed by atoms with Gasteiger partial charge in [0.05, 0.1) is 6.61 Å². The molecule has 1 amide bonds. The van der Waals surface area contributed by atoms with Crippen LogP contribution < -0.4 is 10.1 Å². The molecule has 1 heterocycles. The zero-order chi connectivity index (χ0) is 19.0. The number of aryl methyl sites for hydroxylation is 2. The summed E-state index contributed by atoms with van der Waals surface area (Å²) in [7, 11) is 0. The summed E-state index contributed by atoms with van der Waals surface area (Å²) in [6.45, 7) is 7.04. The number of fused-ring (bicyclic) bond motifs is 2. The highest BCUT2D eigenvalue weighted by atomic mass is 16.5. The smallest absolute Gasteiger partial charge is 0.227 e. The SMILES string of the molecule is Cc1ccc(NC(=O)C(C)C2CCC3(CC2)COc2cc(C)ccc23)cc1. The Labute approximate surface area is 162 Å². The number of nitrogens with one attached hydrogen (secondary N) is 1. The van der Waals surface area contributed by atoms with Gasteiger partial charge in [-0.3, -0.25) is 4.79 Å². The van der Waals surface area contributed by atoms with Crippen LogP contribution in [-0.4, -0.2) is 12.5 Å². The summed E-state index contributed by atoms with van der Waals surface area (Å²) in [4.78, 5) is 12.7. The summed E-state index contributed by atoms with van der Waals surface area (Å²) < 4.78 is 6.03. The first-order valence-electron chi connectivity index (χ1n) is 10.1. The number of hydrogen-bond donors (Lipinski definition) is 1. The second kappa shape index (κ2) is 7.03. The average Bonchev–Trinajstić information content (AvgIpc) is 3.01. The van der Waals surface area contributed by atoms with Crippen LogP contribution in [0.15, 0.2) is 42.5 Å². The van der Waals surface area contributed by atoms with Crippen LogP contribution in [0.4, 0.5) is 5.69 Å². The van der Waals surface area contributed by atoms with Crippen molar-refractivity contribution in [3.8, 4) is 5.75 Å². The second-order valence-electron chi connectivity index (χ2n) is 8.55. The molecule has 0 aromatic heterocycles. The van der Waals surface area contributed by atoms with Gasteiger partial charge in [-0.25, -0.2) is 0 Å². The number of amides is 1. The average molecular weight is 364 g/mol. The molecule has 1 fully saturated rings. The Kier molecular flexibility index (Phi) is 4.71. The number of ether oxygens (including phenoxy) is 1. The molecular weight excluding hydrogens is 334 g/mol. The number of carbonyl (C=O) groups excluding carboxylic acids is 1. The number of anilines is 1. The molecule has 1 saturated carbocycles. The first kappa shape index (κ1) is 18.1. The van der Waals surface area contributed by atoms with E-state index in [1.54, 1.807) is 0 Å². The lowest BCUT2D eigenvalue weighted by molar-refractivity contribution is -0.121. The molecule has 0 radical (unpaired) electrons. The third kappa shape index (κ3) is 3.47. The predicted octanol–water partition coefficient (Wildman–Crippen LogP) is 5.40. The molecule has 1 aliphatic carbocycles. The standard InChI is InChI=1S/C24H29NO2/c1-16-4-7-20(8-5-16)25-23(26)18(3)19-10-12-24(13-11-19)15-27-22-14-17(2)6-9-21(22)24/h4-9,14,18-19H,10-13,15H2,1-3H3,(H,25,26). The Bertz CT molecular complexity index is 832. The van der Waals surface area contributed by atoms with Crippen LogP contribution in [0.2, 0.25) is 0 Å². The topological polar surface area (TPSA) is 38.3 Å². The lowest BCUT2D eigenvalue weighted by Gasteiger charge is -2.38. The fourth-order valence-corrected chi connectivity index (χ4v) is 4.69. The van der Waals surface area contributed by atoms with Gasteiger partial charge in [-0.1, -0.05) is 36.8 Å². The van der Waals surface area contributed by atoms with Crippen LogP contribution in [-0.2, 0) is 10.2 Å². The molecule has 2 aliphatic rings. The van der Waals surface area contributed by atoms with Crippen LogP contribution >= 0.6 is 0 Å². The first-order chi connectivity index (χ1) is 13.0. The molecule has 2 aromatic rings. The van der Waals surface area contributed by atoms with Crippen LogP contribution in [0.3, 0.4) is 0 Å². The minimum atomic E-state index is 0.0310. The van der Waals surface area contributed by atoms with E-state index in [0.29, 0.717) is 5.92 Å². The largest absolute Gasteiger partial charge is 0.492 e. The summed E-state index contributed by atoms with van der Waals surface area (Å²) in [6, 6.07) is 14.6. The van der Waals surface area contributed by atoms with Crippen LogP contribution in [0, 0.1) is 25.7 Å². The number of benzene rings is 2. The Hall–Kier alpha value is -2.29. The van der Waals surface area contributed by atoms with E-state index in [1.165, 1.54) is 16.7 Å². The Morgan fingerprint density at radius 1 is 1.07 bits per heavy atom. The Morgan fingerprint density at radius 3 is 2.44 bits per heavy atom. The van der Waals surface area contributed by atoms with Gasteiger partial charge in [0.2, 0.25) is 5.91 Å². The molecule has 2 aromatic carbocycles. The lowest BCUT2D eigenvalue weighted by atomic mass is 9.65. The summed E-state index contributed by atoms with van der Waals surface area (Å²) in [5.74, 6) is 1.68. The number of hydrogen-bond acceptors (Lipinski definition) is 2. The van der Waals surface area contributed by atoms with Crippen molar-refractivity contribution in [3.63, 3.8) is 0 Å². The van der Waals surface area contributed by atoms with E-state index in [4.69, 9.17) is 4.74 Å². The monoisotopic (exact) mass is 363 g/mol. The Morgan fingerprint density at radius 2 is 1.74 bits per heavy atom. The molecule has 1 spiro atoms. The van der Waals surface area contributed by atoms with Crippen LogP contribution in [0.1, 0.15) is 49.3 Å². The predicted molar refractivity (Wildman–Crippen MR) is 109 cm³/mol. The first-order valence-corrected chi connectivity index (χ1v) is 10.1. The quantitative estimate of drug-likeness (QED) is 0.793.